The van der Waals surface area contributed by atoms with Crippen molar-refractivity contribution < 1.29 is 35.9 Å². The number of hydrogen-bond acceptors (Lipinski definition) is 4. The molecule has 32 heavy (non-hydrogen) atoms. The summed E-state index contributed by atoms with van der Waals surface area (Å²) >= 11 is 0. The van der Waals surface area contributed by atoms with Gasteiger partial charge in [0, 0.05) is 37.9 Å². The molecule has 1 aromatic carbocycles. The maximum Gasteiger partial charge on any atom is 0.416 e. The van der Waals surface area contributed by atoms with Gasteiger partial charge >= 0.3 is 12.4 Å². The molecular weight excluding hydrogens is 442 g/mol. The second-order valence-corrected chi connectivity index (χ2v) is 8.11. The van der Waals surface area contributed by atoms with Crippen LogP contribution in [0.25, 0.3) is 0 Å². The summed E-state index contributed by atoms with van der Waals surface area (Å²) < 4.78 is 77.7. The Balaban J connectivity index is 1.55. The minimum absolute atomic E-state index is 0.00934. The van der Waals surface area contributed by atoms with Crippen molar-refractivity contribution in [1.29, 1.82) is 0 Å². The number of nitrogens with zero attached hydrogens (tertiary/aromatic N) is 2. The summed E-state index contributed by atoms with van der Waals surface area (Å²) in [5.41, 5.74) is -3.55. The average molecular weight is 466 g/mol. The maximum absolute atomic E-state index is 13.0. The Morgan fingerprint density at radius 2 is 1.50 bits per heavy atom. The highest BCUT2D eigenvalue weighted by molar-refractivity contribution is 5.92. The number of benzene rings is 1. The van der Waals surface area contributed by atoms with Gasteiger partial charge in [0.25, 0.3) is 0 Å². The zero-order valence-corrected chi connectivity index (χ0v) is 17.3. The SMILES string of the molecule is C[C@H](C(=O)NC1CC1)N1CCN(CC(=O)Nc2cc(C(F)(F)F)cc(C(F)(F)F)c2)CC1. The average Bonchev–Trinajstić information content (AvgIpc) is 3.50. The van der Waals surface area contributed by atoms with Crippen LogP contribution in [-0.2, 0) is 21.9 Å². The Labute approximate surface area is 180 Å². The first-order chi connectivity index (χ1) is 14.8. The van der Waals surface area contributed by atoms with Crippen LogP contribution in [0.1, 0.15) is 30.9 Å². The minimum atomic E-state index is -4.99. The molecule has 0 unspecified atom stereocenters. The molecule has 6 nitrogen and oxygen atoms in total. The van der Waals surface area contributed by atoms with Crippen molar-refractivity contribution in [2.45, 2.75) is 44.2 Å². The van der Waals surface area contributed by atoms with E-state index in [-0.39, 0.29) is 30.6 Å². The largest absolute Gasteiger partial charge is 0.416 e. The van der Waals surface area contributed by atoms with Gasteiger partial charge in [0.15, 0.2) is 0 Å². The fraction of sp³-hybridized carbons (Fsp3) is 0.600. The molecule has 1 heterocycles. The Kier molecular flexibility index (Phi) is 7.03. The first-order valence-corrected chi connectivity index (χ1v) is 10.2. The number of hydrogen-bond donors (Lipinski definition) is 2. The second-order valence-electron chi connectivity index (χ2n) is 8.11. The van der Waals surface area contributed by atoms with E-state index < -0.39 is 35.1 Å². The molecule has 2 aliphatic rings. The predicted molar refractivity (Wildman–Crippen MR) is 104 cm³/mol. The van der Waals surface area contributed by atoms with E-state index in [1.54, 1.807) is 11.8 Å². The lowest BCUT2D eigenvalue weighted by Gasteiger charge is -2.37. The van der Waals surface area contributed by atoms with Gasteiger partial charge in [-0.2, -0.15) is 26.3 Å². The van der Waals surface area contributed by atoms with E-state index in [0.717, 1.165) is 12.8 Å². The smallest absolute Gasteiger partial charge is 0.352 e. The van der Waals surface area contributed by atoms with Crippen molar-refractivity contribution in [2.75, 3.05) is 38.0 Å². The lowest BCUT2D eigenvalue weighted by molar-refractivity contribution is -0.143. The second kappa shape index (κ2) is 9.26. The summed E-state index contributed by atoms with van der Waals surface area (Å²) in [7, 11) is 0. The first kappa shape index (κ1) is 24.3. The molecule has 1 saturated heterocycles. The highest BCUT2D eigenvalue weighted by Crippen LogP contribution is 2.37. The standard InChI is InChI=1S/C20H24F6N4O2/c1-12(18(32)28-15-2-3-15)30-6-4-29(5-7-30)11-17(31)27-16-9-13(19(21,22)23)8-14(10-16)20(24,25)26/h8-10,12,15H,2-7,11H2,1H3,(H,27,31)(H,28,32)/t12-/m1/s1. The number of piperazine rings is 1. The molecule has 1 aliphatic heterocycles. The van der Waals surface area contributed by atoms with Gasteiger partial charge in [-0.25, -0.2) is 0 Å². The van der Waals surface area contributed by atoms with Crippen LogP contribution >= 0.6 is 0 Å². The van der Waals surface area contributed by atoms with Crippen LogP contribution in [0.2, 0.25) is 0 Å². The van der Waals surface area contributed by atoms with Gasteiger partial charge in [0.2, 0.25) is 11.8 Å². The van der Waals surface area contributed by atoms with Gasteiger partial charge in [0.05, 0.1) is 23.7 Å². The van der Waals surface area contributed by atoms with Crippen LogP contribution in [0.15, 0.2) is 18.2 Å². The van der Waals surface area contributed by atoms with Crippen LogP contribution < -0.4 is 10.6 Å². The van der Waals surface area contributed by atoms with Gasteiger partial charge in [-0.05, 0) is 38.0 Å². The lowest BCUT2D eigenvalue weighted by atomic mass is 10.1. The molecule has 0 aromatic heterocycles. The van der Waals surface area contributed by atoms with E-state index in [0.29, 0.717) is 38.3 Å². The molecule has 2 N–H and O–H groups in total. The summed E-state index contributed by atoms with van der Waals surface area (Å²) in [6.45, 7) is 3.50. The van der Waals surface area contributed by atoms with E-state index in [2.05, 4.69) is 10.6 Å². The maximum atomic E-state index is 13.0. The van der Waals surface area contributed by atoms with E-state index >= 15 is 0 Å². The van der Waals surface area contributed by atoms with Crippen molar-refractivity contribution in [3.05, 3.63) is 29.3 Å². The van der Waals surface area contributed by atoms with E-state index in [1.807, 2.05) is 4.90 Å². The third kappa shape index (κ3) is 6.58. The summed E-state index contributed by atoms with van der Waals surface area (Å²) in [6, 6.07) is 0.896. The van der Waals surface area contributed by atoms with Crippen LogP contribution in [-0.4, -0.2) is 66.4 Å². The van der Waals surface area contributed by atoms with Crippen molar-refractivity contribution in [3.63, 3.8) is 0 Å². The van der Waals surface area contributed by atoms with Gasteiger partial charge < -0.3 is 10.6 Å². The molecule has 1 saturated carbocycles. The molecule has 0 radical (unpaired) electrons. The third-order valence-corrected chi connectivity index (χ3v) is 5.50. The molecule has 1 aliphatic carbocycles. The topological polar surface area (TPSA) is 64.7 Å². The fourth-order valence-corrected chi connectivity index (χ4v) is 3.45. The number of amides is 2. The summed E-state index contributed by atoms with van der Waals surface area (Å²) in [4.78, 5) is 28.1. The molecular formula is C20H24F6N4O2. The zero-order chi connectivity index (χ0) is 23.7. The third-order valence-electron chi connectivity index (χ3n) is 5.50. The van der Waals surface area contributed by atoms with E-state index in [9.17, 15) is 35.9 Å². The molecule has 1 atom stereocenters. The number of rotatable bonds is 6. The van der Waals surface area contributed by atoms with Crippen molar-refractivity contribution in [2.24, 2.45) is 0 Å². The number of anilines is 1. The van der Waals surface area contributed by atoms with Crippen LogP contribution in [0.4, 0.5) is 32.0 Å². The number of halogens is 6. The quantitative estimate of drug-likeness (QED) is 0.633. The van der Waals surface area contributed by atoms with Crippen molar-refractivity contribution >= 4 is 17.5 Å². The van der Waals surface area contributed by atoms with Crippen LogP contribution in [0, 0.1) is 0 Å². The Morgan fingerprint density at radius 3 is 1.97 bits per heavy atom. The molecule has 1 aromatic rings. The Hall–Kier alpha value is -2.34. The predicted octanol–water partition coefficient (Wildman–Crippen LogP) is 2.95. The molecule has 3 rings (SSSR count). The van der Waals surface area contributed by atoms with Gasteiger partial charge in [-0.3, -0.25) is 19.4 Å². The summed E-state index contributed by atoms with van der Waals surface area (Å²) in [5.74, 6) is -0.769. The minimum Gasteiger partial charge on any atom is -0.352 e. The first-order valence-electron chi connectivity index (χ1n) is 10.2. The summed E-state index contributed by atoms with van der Waals surface area (Å²) in [5, 5.41) is 5.07. The zero-order valence-electron chi connectivity index (χ0n) is 17.3. The molecule has 178 valence electrons. The lowest BCUT2D eigenvalue weighted by Crippen LogP contribution is -2.55. The molecule has 12 heteroatoms. The molecule has 2 amide bonds. The molecule has 0 spiro atoms. The normalized spacial score (nSPS) is 19.5. The Morgan fingerprint density at radius 1 is 0.969 bits per heavy atom. The van der Waals surface area contributed by atoms with Gasteiger partial charge in [-0.15, -0.1) is 0 Å². The Bertz CT molecular complexity index is 813. The monoisotopic (exact) mass is 466 g/mol. The summed E-state index contributed by atoms with van der Waals surface area (Å²) in [6.07, 6.45) is -8.01. The van der Waals surface area contributed by atoms with E-state index in [1.165, 1.54) is 0 Å². The number of carbonyl (C=O) groups excluding carboxylic acids is 2. The van der Waals surface area contributed by atoms with Crippen molar-refractivity contribution in [1.82, 2.24) is 15.1 Å². The van der Waals surface area contributed by atoms with Crippen molar-refractivity contribution in [3.8, 4) is 0 Å². The highest BCUT2D eigenvalue weighted by Gasteiger charge is 2.37. The van der Waals surface area contributed by atoms with Crippen LogP contribution in [0.3, 0.4) is 0 Å². The van der Waals surface area contributed by atoms with Gasteiger partial charge in [0.1, 0.15) is 0 Å². The highest BCUT2D eigenvalue weighted by atomic mass is 19.4. The van der Waals surface area contributed by atoms with Crippen LogP contribution in [0.5, 0.6) is 0 Å². The fourth-order valence-electron chi connectivity index (χ4n) is 3.45. The molecule has 0 bridgehead atoms. The van der Waals surface area contributed by atoms with E-state index in [4.69, 9.17) is 0 Å². The molecule has 2 fully saturated rings. The van der Waals surface area contributed by atoms with Gasteiger partial charge in [-0.1, -0.05) is 0 Å². The number of carbonyl (C=O) groups is 2. The number of alkyl halides is 6. The number of nitrogens with one attached hydrogen (secondary N) is 2.